The lowest BCUT2D eigenvalue weighted by atomic mass is 9.80. The molecule has 0 aliphatic carbocycles. The Hall–Kier alpha value is -0.110. The quantitative estimate of drug-likeness (QED) is 0.655. The van der Waals surface area contributed by atoms with Crippen LogP contribution < -0.4 is 5.32 Å². The van der Waals surface area contributed by atoms with E-state index in [1.165, 1.54) is 0 Å². The van der Waals surface area contributed by atoms with Gasteiger partial charge >= 0.3 is 0 Å². The molecule has 0 saturated heterocycles. The molecular weight excluding hydrogens is 141 g/mol. The summed E-state index contributed by atoms with van der Waals surface area (Å²) in [4.78, 5) is 0. The van der Waals surface area contributed by atoms with Gasteiger partial charge in [0.15, 0.2) is 0 Å². The van der Waals surface area contributed by atoms with Crippen molar-refractivity contribution in [3.05, 3.63) is 0 Å². The summed E-state index contributed by atoms with van der Waals surface area (Å²) < 4.78 is 13.6. The molecule has 11 heavy (non-hydrogen) atoms. The van der Waals surface area contributed by atoms with E-state index in [0.717, 1.165) is 0 Å². The van der Waals surface area contributed by atoms with E-state index in [0.29, 0.717) is 0 Å². The van der Waals surface area contributed by atoms with Crippen LogP contribution in [0.1, 0.15) is 34.6 Å². The molecule has 1 atom stereocenters. The fraction of sp³-hybridized carbons (Fsp3) is 1.00. The average Bonchev–Trinajstić information content (AvgIpc) is 1.84. The molecule has 0 rings (SSSR count). The molecule has 0 aromatic carbocycles. The summed E-state index contributed by atoms with van der Waals surface area (Å²) in [5, 5.41) is 2.97. The fourth-order valence-electron chi connectivity index (χ4n) is 1.21. The van der Waals surface area contributed by atoms with Crippen molar-refractivity contribution >= 4 is 0 Å². The molecule has 68 valence electrons. The maximum atomic E-state index is 13.6. The topological polar surface area (TPSA) is 12.0 Å². The molecule has 0 aliphatic heterocycles. The normalized spacial score (nSPS) is 16.6. The Morgan fingerprint density at radius 2 is 1.45 bits per heavy atom. The Kier molecular flexibility index (Phi) is 3.06. The number of rotatable bonds is 2. The van der Waals surface area contributed by atoms with Gasteiger partial charge in [-0.2, -0.15) is 0 Å². The van der Waals surface area contributed by atoms with E-state index in [1.807, 2.05) is 34.6 Å². The van der Waals surface area contributed by atoms with Crippen molar-refractivity contribution in [1.29, 1.82) is 0 Å². The van der Waals surface area contributed by atoms with Gasteiger partial charge in [0.05, 0.1) is 0 Å². The zero-order chi connectivity index (χ0) is 9.28. The van der Waals surface area contributed by atoms with Crippen LogP contribution in [0.3, 0.4) is 0 Å². The fourth-order valence-corrected chi connectivity index (χ4v) is 1.21. The van der Waals surface area contributed by atoms with Crippen molar-refractivity contribution in [3.8, 4) is 0 Å². The summed E-state index contributed by atoms with van der Waals surface area (Å²) in [6, 6.07) is 0. The molecular formula is C9H20FN. The molecule has 2 heteroatoms. The minimum Gasteiger partial charge on any atom is -0.312 e. The summed E-state index contributed by atoms with van der Waals surface area (Å²) in [5.74, 6) is 0. The summed E-state index contributed by atoms with van der Waals surface area (Å²) >= 11 is 0. The van der Waals surface area contributed by atoms with E-state index in [9.17, 15) is 4.39 Å². The third kappa shape index (κ3) is 2.78. The standard InChI is InChI=1S/C9H20FN/c1-8(2,3)7(10)9(4,5)11-6/h7,11H,1-6H3. The van der Waals surface area contributed by atoms with Crippen LogP contribution in [0.15, 0.2) is 0 Å². The predicted octanol–water partition coefficient (Wildman–Crippen LogP) is 2.37. The van der Waals surface area contributed by atoms with Crippen LogP contribution in [0.5, 0.6) is 0 Å². The highest BCUT2D eigenvalue weighted by atomic mass is 19.1. The highest BCUT2D eigenvalue weighted by Crippen LogP contribution is 2.30. The van der Waals surface area contributed by atoms with E-state index < -0.39 is 11.7 Å². The average molecular weight is 161 g/mol. The van der Waals surface area contributed by atoms with Crippen LogP contribution in [-0.4, -0.2) is 18.8 Å². The van der Waals surface area contributed by atoms with E-state index in [-0.39, 0.29) is 5.41 Å². The first-order valence-electron chi connectivity index (χ1n) is 4.05. The molecule has 0 fully saturated rings. The van der Waals surface area contributed by atoms with Gasteiger partial charge in [0.1, 0.15) is 6.17 Å². The molecule has 0 spiro atoms. The first-order chi connectivity index (χ1) is 4.72. The second-order valence-electron chi connectivity index (χ2n) is 4.70. The van der Waals surface area contributed by atoms with Crippen LogP contribution in [0.25, 0.3) is 0 Å². The van der Waals surface area contributed by atoms with Crippen molar-refractivity contribution in [1.82, 2.24) is 5.32 Å². The molecule has 0 bridgehead atoms. The third-order valence-electron chi connectivity index (χ3n) is 2.04. The minimum atomic E-state index is -0.833. The highest BCUT2D eigenvalue weighted by molar-refractivity contribution is 4.91. The van der Waals surface area contributed by atoms with Crippen LogP contribution in [0.4, 0.5) is 4.39 Å². The number of nitrogens with one attached hydrogen (secondary N) is 1. The van der Waals surface area contributed by atoms with Crippen molar-refractivity contribution in [2.24, 2.45) is 5.41 Å². The van der Waals surface area contributed by atoms with Crippen LogP contribution >= 0.6 is 0 Å². The van der Waals surface area contributed by atoms with Gasteiger partial charge in [-0.25, -0.2) is 4.39 Å². The van der Waals surface area contributed by atoms with Gasteiger partial charge in [-0.15, -0.1) is 0 Å². The van der Waals surface area contributed by atoms with Crippen LogP contribution in [0, 0.1) is 5.41 Å². The van der Waals surface area contributed by atoms with Crippen molar-refractivity contribution < 1.29 is 4.39 Å². The first kappa shape index (κ1) is 10.9. The van der Waals surface area contributed by atoms with Gasteiger partial charge in [0.25, 0.3) is 0 Å². The summed E-state index contributed by atoms with van der Waals surface area (Å²) in [6.07, 6.45) is -0.833. The van der Waals surface area contributed by atoms with Gasteiger partial charge < -0.3 is 5.32 Å². The summed E-state index contributed by atoms with van der Waals surface area (Å²) in [5.41, 5.74) is -0.717. The highest BCUT2D eigenvalue weighted by Gasteiger charge is 2.36. The minimum absolute atomic E-state index is 0.285. The second-order valence-corrected chi connectivity index (χ2v) is 4.70. The van der Waals surface area contributed by atoms with E-state index in [4.69, 9.17) is 0 Å². The Morgan fingerprint density at radius 3 is 1.55 bits per heavy atom. The molecule has 0 aromatic heterocycles. The lowest BCUT2D eigenvalue weighted by Crippen LogP contribution is -2.50. The monoisotopic (exact) mass is 161 g/mol. The first-order valence-corrected chi connectivity index (χ1v) is 4.05. The van der Waals surface area contributed by atoms with E-state index in [1.54, 1.807) is 7.05 Å². The summed E-state index contributed by atoms with van der Waals surface area (Å²) in [6.45, 7) is 9.50. The number of hydrogen-bond donors (Lipinski definition) is 1. The van der Waals surface area contributed by atoms with Gasteiger partial charge in [0.2, 0.25) is 0 Å². The Morgan fingerprint density at radius 1 is 1.09 bits per heavy atom. The molecule has 0 amide bonds. The Bertz CT molecular complexity index is 124. The van der Waals surface area contributed by atoms with Gasteiger partial charge in [-0.1, -0.05) is 20.8 Å². The molecule has 1 unspecified atom stereocenters. The number of alkyl halides is 1. The van der Waals surface area contributed by atoms with E-state index >= 15 is 0 Å². The third-order valence-corrected chi connectivity index (χ3v) is 2.04. The van der Waals surface area contributed by atoms with Gasteiger partial charge in [-0.05, 0) is 26.3 Å². The Labute approximate surface area is 69.4 Å². The van der Waals surface area contributed by atoms with Gasteiger partial charge in [0, 0.05) is 5.54 Å². The predicted molar refractivity (Wildman–Crippen MR) is 47.5 cm³/mol. The molecule has 0 heterocycles. The lowest BCUT2D eigenvalue weighted by Gasteiger charge is -2.36. The molecule has 0 aliphatic rings. The zero-order valence-electron chi connectivity index (χ0n) is 8.46. The lowest BCUT2D eigenvalue weighted by molar-refractivity contribution is 0.0759. The Balaban J connectivity index is 4.35. The molecule has 1 N–H and O–H groups in total. The van der Waals surface area contributed by atoms with Crippen molar-refractivity contribution in [2.45, 2.75) is 46.3 Å². The molecule has 0 radical (unpaired) electrons. The molecule has 0 saturated carbocycles. The SMILES string of the molecule is CNC(C)(C)C(F)C(C)(C)C. The van der Waals surface area contributed by atoms with Crippen molar-refractivity contribution in [3.63, 3.8) is 0 Å². The van der Waals surface area contributed by atoms with Gasteiger partial charge in [-0.3, -0.25) is 0 Å². The van der Waals surface area contributed by atoms with E-state index in [2.05, 4.69) is 5.32 Å². The number of halogens is 1. The largest absolute Gasteiger partial charge is 0.312 e. The van der Waals surface area contributed by atoms with Crippen molar-refractivity contribution in [2.75, 3.05) is 7.05 Å². The maximum Gasteiger partial charge on any atom is 0.122 e. The second kappa shape index (κ2) is 3.10. The molecule has 0 aromatic rings. The smallest absolute Gasteiger partial charge is 0.122 e. The zero-order valence-corrected chi connectivity index (χ0v) is 8.46. The maximum absolute atomic E-state index is 13.6. The molecule has 1 nitrogen and oxygen atoms in total. The van der Waals surface area contributed by atoms with Crippen LogP contribution in [-0.2, 0) is 0 Å². The number of hydrogen-bond acceptors (Lipinski definition) is 1. The summed E-state index contributed by atoms with van der Waals surface area (Å²) in [7, 11) is 1.79. The van der Waals surface area contributed by atoms with Crippen LogP contribution in [0.2, 0.25) is 0 Å².